The van der Waals surface area contributed by atoms with Crippen LogP contribution in [-0.4, -0.2) is 5.84 Å². The normalized spacial score (nSPS) is 21.2. The number of amidine groups is 1. The van der Waals surface area contributed by atoms with E-state index in [2.05, 4.69) is 18.0 Å². The van der Waals surface area contributed by atoms with E-state index < -0.39 is 0 Å². The predicted molar refractivity (Wildman–Crippen MR) is 45.6 cm³/mol. The van der Waals surface area contributed by atoms with E-state index in [1.165, 1.54) is 5.56 Å². The SMILES string of the molecule is CC1N=C(N)c2ccccc21. The van der Waals surface area contributed by atoms with E-state index in [-0.39, 0.29) is 6.04 Å². The van der Waals surface area contributed by atoms with Crippen molar-refractivity contribution in [3.63, 3.8) is 0 Å². The van der Waals surface area contributed by atoms with Gasteiger partial charge in [-0.05, 0) is 12.5 Å². The van der Waals surface area contributed by atoms with Gasteiger partial charge in [-0.3, -0.25) is 4.99 Å². The molecule has 1 atom stereocenters. The fourth-order valence-electron chi connectivity index (χ4n) is 1.44. The molecule has 0 saturated heterocycles. The Bertz CT molecular complexity index is 315. The number of fused-ring (bicyclic) bond motifs is 1. The Morgan fingerprint density at radius 3 is 2.82 bits per heavy atom. The maximum atomic E-state index is 5.69. The van der Waals surface area contributed by atoms with E-state index in [0.717, 1.165) is 5.56 Å². The van der Waals surface area contributed by atoms with Gasteiger partial charge in [0.1, 0.15) is 5.84 Å². The molecule has 1 heterocycles. The molecule has 0 amide bonds. The third-order valence-electron chi connectivity index (χ3n) is 2.02. The summed E-state index contributed by atoms with van der Waals surface area (Å²) >= 11 is 0. The van der Waals surface area contributed by atoms with Crippen molar-refractivity contribution in [1.29, 1.82) is 0 Å². The minimum atomic E-state index is 0.242. The van der Waals surface area contributed by atoms with Crippen molar-refractivity contribution in [2.75, 3.05) is 0 Å². The number of nitrogens with zero attached hydrogens (tertiary/aromatic N) is 1. The van der Waals surface area contributed by atoms with Crippen molar-refractivity contribution in [3.8, 4) is 0 Å². The first kappa shape index (κ1) is 6.40. The molecular formula is C9H10N2. The van der Waals surface area contributed by atoms with Crippen LogP contribution in [0.4, 0.5) is 0 Å². The summed E-state index contributed by atoms with van der Waals surface area (Å²) in [6.45, 7) is 2.05. The van der Waals surface area contributed by atoms with Crippen molar-refractivity contribution in [3.05, 3.63) is 35.4 Å². The van der Waals surface area contributed by atoms with Crippen LogP contribution in [0.2, 0.25) is 0 Å². The van der Waals surface area contributed by atoms with Gasteiger partial charge in [0.2, 0.25) is 0 Å². The number of benzene rings is 1. The second kappa shape index (κ2) is 2.09. The average molecular weight is 146 g/mol. The minimum absolute atomic E-state index is 0.242. The molecule has 0 aromatic heterocycles. The molecule has 1 aliphatic heterocycles. The number of aliphatic imine (C=N–C) groups is 1. The molecule has 0 aliphatic carbocycles. The molecule has 1 aromatic carbocycles. The molecule has 2 N–H and O–H groups in total. The Morgan fingerprint density at radius 2 is 2.09 bits per heavy atom. The van der Waals surface area contributed by atoms with Gasteiger partial charge < -0.3 is 5.73 Å². The van der Waals surface area contributed by atoms with E-state index >= 15 is 0 Å². The highest BCUT2D eigenvalue weighted by molar-refractivity contribution is 6.01. The summed E-state index contributed by atoms with van der Waals surface area (Å²) in [5.74, 6) is 0.674. The lowest BCUT2D eigenvalue weighted by Gasteiger charge is -2.00. The summed E-state index contributed by atoms with van der Waals surface area (Å²) in [6, 6.07) is 8.33. The van der Waals surface area contributed by atoms with Crippen LogP contribution in [0.3, 0.4) is 0 Å². The van der Waals surface area contributed by atoms with E-state index in [1.807, 2.05) is 18.2 Å². The molecule has 1 unspecified atom stereocenters. The van der Waals surface area contributed by atoms with E-state index in [1.54, 1.807) is 0 Å². The lowest BCUT2D eigenvalue weighted by atomic mass is 10.1. The Hall–Kier alpha value is -1.31. The zero-order chi connectivity index (χ0) is 7.84. The molecule has 1 aliphatic rings. The van der Waals surface area contributed by atoms with Crippen LogP contribution < -0.4 is 5.73 Å². The molecule has 1 aromatic rings. The van der Waals surface area contributed by atoms with Crippen LogP contribution in [-0.2, 0) is 0 Å². The molecule has 11 heavy (non-hydrogen) atoms. The molecule has 2 rings (SSSR count). The van der Waals surface area contributed by atoms with Gasteiger partial charge >= 0.3 is 0 Å². The third kappa shape index (κ3) is 0.827. The van der Waals surface area contributed by atoms with Crippen molar-refractivity contribution >= 4 is 5.84 Å². The summed E-state index contributed by atoms with van der Waals surface area (Å²) in [5, 5.41) is 0. The van der Waals surface area contributed by atoms with Crippen molar-refractivity contribution < 1.29 is 0 Å². The quantitative estimate of drug-likeness (QED) is 0.591. The van der Waals surface area contributed by atoms with Gasteiger partial charge in [-0.25, -0.2) is 0 Å². The maximum Gasteiger partial charge on any atom is 0.126 e. The van der Waals surface area contributed by atoms with Crippen LogP contribution in [0, 0.1) is 0 Å². The number of rotatable bonds is 0. The first-order valence-electron chi connectivity index (χ1n) is 3.71. The van der Waals surface area contributed by atoms with Crippen molar-refractivity contribution in [1.82, 2.24) is 0 Å². The molecule has 0 spiro atoms. The summed E-state index contributed by atoms with van der Waals surface area (Å²) in [6.07, 6.45) is 0. The summed E-state index contributed by atoms with van der Waals surface area (Å²) in [7, 11) is 0. The highest BCUT2D eigenvalue weighted by Crippen LogP contribution is 2.26. The maximum absolute atomic E-state index is 5.69. The second-order valence-electron chi connectivity index (χ2n) is 2.78. The van der Waals surface area contributed by atoms with Gasteiger partial charge in [0.25, 0.3) is 0 Å². The Balaban J connectivity index is 2.62. The van der Waals surface area contributed by atoms with Crippen molar-refractivity contribution in [2.24, 2.45) is 10.7 Å². The molecule has 0 saturated carbocycles. The number of hydrogen-bond acceptors (Lipinski definition) is 2. The smallest absolute Gasteiger partial charge is 0.126 e. The average Bonchev–Trinajstić information content (AvgIpc) is 2.30. The molecule has 2 nitrogen and oxygen atoms in total. The minimum Gasteiger partial charge on any atom is -0.383 e. The van der Waals surface area contributed by atoms with Crippen LogP contribution >= 0.6 is 0 Å². The van der Waals surface area contributed by atoms with Gasteiger partial charge in [0.15, 0.2) is 0 Å². The monoisotopic (exact) mass is 146 g/mol. The van der Waals surface area contributed by atoms with E-state index in [4.69, 9.17) is 5.73 Å². The molecular weight excluding hydrogens is 136 g/mol. The summed E-state index contributed by atoms with van der Waals surface area (Å²) in [4.78, 5) is 4.25. The largest absolute Gasteiger partial charge is 0.383 e. The molecule has 56 valence electrons. The molecule has 0 bridgehead atoms. The molecule has 0 radical (unpaired) electrons. The van der Waals surface area contributed by atoms with Gasteiger partial charge in [-0.15, -0.1) is 0 Å². The zero-order valence-corrected chi connectivity index (χ0v) is 6.41. The van der Waals surface area contributed by atoms with Crippen LogP contribution in [0.25, 0.3) is 0 Å². The second-order valence-corrected chi connectivity index (χ2v) is 2.78. The third-order valence-corrected chi connectivity index (χ3v) is 2.02. The van der Waals surface area contributed by atoms with Crippen LogP contribution in [0.5, 0.6) is 0 Å². The lowest BCUT2D eigenvalue weighted by Crippen LogP contribution is -2.09. The Kier molecular flexibility index (Phi) is 1.22. The fraction of sp³-hybridized carbons (Fsp3) is 0.222. The highest BCUT2D eigenvalue weighted by Gasteiger charge is 2.17. The Labute approximate surface area is 65.8 Å². The Morgan fingerprint density at radius 1 is 1.36 bits per heavy atom. The topological polar surface area (TPSA) is 38.4 Å². The van der Waals surface area contributed by atoms with E-state index in [0.29, 0.717) is 5.84 Å². The zero-order valence-electron chi connectivity index (χ0n) is 6.41. The lowest BCUT2D eigenvalue weighted by molar-refractivity contribution is 0.841. The highest BCUT2D eigenvalue weighted by atomic mass is 14.9. The first-order chi connectivity index (χ1) is 5.29. The molecule has 0 fully saturated rings. The first-order valence-corrected chi connectivity index (χ1v) is 3.71. The summed E-state index contributed by atoms with van der Waals surface area (Å²) < 4.78 is 0. The number of hydrogen-bond donors (Lipinski definition) is 1. The number of nitrogens with two attached hydrogens (primary N) is 1. The van der Waals surface area contributed by atoms with Gasteiger partial charge in [0.05, 0.1) is 6.04 Å². The van der Waals surface area contributed by atoms with Crippen molar-refractivity contribution in [2.45, 2.75) is 13.0 Å². The van der Waals surface area contributed by atoms with Gasteiger partial charge in [0, 0.05) is 5.56 Å². The van der Waals surface area contributed by atoms with Gasteiger partial charge in [-0.2, -0.15) is 0 Å². The predicted octanol–water partition coefficient (Wildman–Crippen LogP) is 1.47. The molecule has 2 heteroatoms. The van der Waals surface area contributed by atoms with Gasteiger partial charge in [-0.1, -0.05) is 24.3 Å². The van der Waals surface area contributed by atoms with E-state index in [9.17, 15) is 0 Å². The summed E-state index contributed by atoms with van der Waals surface area (Å²) in [5.41, 5.74) is 8.02. The fourth-order valence-corrected chi connectivity index (χ4v) is 1.44. The van der Waals surface area contributed by atoms with Crippen LogP contribution in [0.15, 0.2) is 29.3 Å². The standard InChI is InChI=1S/C9H10N2/c1-6-7-4-2-3-5-8(7)9(10)11-6/h2-6H,1H3,(H2,10,11). The van der Waals surface area contributed by atoms with Crippen LogP contribution in [0.1, 0.15) is 24.1 Å².